The van der Waals surface area contributed by atoms with E-state index in [0.717, 1.165) is 64.7 Å². The van der Waals surface area contributed by atoms with Crippen LogP contribution < -0.4 is 21.3 Å². The number of likely N-dealkylation sites (tertiary alicyclic amines) is 2. The van der Waals surface area contributed by atoms with E-state index in [-0.39, 0.29) is 86.9 Å². The molecular formula is C51H56F6N14O3S2. The van der Waals surface area contributed by atoms with Gasteiger partial charge in [0, 0.05) is 49.7 Å². The van der Waals surface area contributed by atoms with Crippen LogP contribution >= 0.6 is 23.5 Å². The van der Waals surface area contributed by atoms with E-state index in [0.29, 0.717) is 46.1 Å². The average Bonchev–Trinajstić information content (AvgIpc) is 4.26. The van der Waals surface area contributed by atoms with Crippen molar-refractivity contribution in [2.75, 3.05) is 64.0 Å². The number of nitrogens with zero attached hydrogens (tertiary/aromatic N) is 10. The normalized spacial score (nSPS) is 22.2. The highest BCUT2D eigenvalue weighted by Crippen LogP contribution is 2.53. The van der Waals surface area contributed by atoms with Crippen LogP contribution in [0.25, 0.3) is 11.0 Å². The second kappa shape index (κ2) is 20.5. The first-order valence-electron chi connectivity index (χ1n) is 24.8. The smallest absolute Gasteiger partial charge is 0.389 e. The van der Waals surface area contributed by atoms with E-state index in [9.17, 15) is 41.0 Å². The third-order valence-electron chi connectivity index (χ3n) is 14.1. The second-order valence-electron chi connectivity index (χ2n) is 20.9. The summed E-state index contributed by atoms with van der Waals surface area (Å²) in [6, 6.07) is 10.7. The van der Waals surface area contributed by atoms with E-state index in [1.165, 1.54) is 32.3 Å². The van der Waals surface area contributed by atoms with Crippen molar-refractivity contribution < 1.29 is 41.0 Å². The van der Waals surface area contributed by atoms with Crippen LogP contribution in [0.1, 0.15) is 90.5 Å². The summed E-state index contributed by atoms with van der Waals surface area (Å²) in [5.41, 5.74) is -8.70. The fourth-order valence-electron chi connectivity index (χ4n) is 10.1. The number of hydrogen-bond acceptors (Lipinski definition) is 13. The molecule has 3 aliphatic carbocycles. The van der Waals surface area contributed by atoms with Gasteiger partial charge in [-0.3, -0.25) is 19.0 Å². The summed E-state index contributed by atoms with van der Waals surface area (Å²) in [6.45, 7) is 7.26. The van der Waals surface area contributed by atoms with Gasteiger partial charge in [0.2, 0.25) is 0 Å². The fraction of sp³-hybridized carbons (Fsp3) is 0.490. The highest BCUT2D eigenvalue weighted by molar-refractivity contribution is 8.00. The Hall–Kier alpha value is -6.38. The Kier molecular flexibility index (Phi) is 14.3. The number of carbonyl (C=O) groups excluding carboxylic acids is 2. The van der Waals surface area contributed by atoms with Gasteiger partial charge in [-0.15, -0.1) is 0 Å². The predicted octanol–water partition coefficient (Wildman–Crippen LogP) is 6.97. The number of amides is 2. The van der Waals surface area contributed by atoms with Crippen LogP contribution in [-0.2, 0) is 6.54 Å². The van der Waals surface area contributed by atoms with E-state index in [1.807, 2.05) is 12.1 Å². The molecule has 5 fully saturated rings. The summed E-state index contributed by atoms with van der Waals surface area (Å²) in [7, 11) is 4.20. The van der Waals surface area contributed by atoms with Gasteiger partial charge in [0.25, 0.3) is 11.8 Å². The number of fused-ring (bicyclic) bond motifs is 4. The molecule has 8 heterocycles. The molecule has 5 N–H and O–H groups in total. The second-order valence-corrected chi connectivity index (χ2v) is 23.1. The molecule has 5 aliphatic rings. The van der Waals surface area contributed by atoms with Crippen LogP contribution in [0.4, 0.5) is 38.0 Å². The average molecular weight is 1090 g/mol. The first-order chi connectivity index (χ1) is 36.0. The quantitative estimate of drug-likeness (QED) is 0.0456. The molecule has 4 unspecified atom stereocenters. The number of halogens is 6. The largest absolute Gasteiger partial charge is 0.446 e. The van der Waals surface area contributed by atoms with Gasteiger partial charge in [-0.2, -0.15) is 46.7 Å². The molecule has 0 bridgehead atoms. The Morgan fingerprint density at radius 3 is 1.64 bits per heavy atom. The first-order valence-corrected chi connectivity index (χ1v) is 26.5. The maximum absolute atomic E-state index is 13.5. The SMILES string of the molecule is CN1CCC2(Nc3cccc4c(SC(F)(F)F)c(C#CCNC(=O)c5cnn(C6CC6)c5)nn34)CC2C1.CN1CCC2(Nc3cccc4c(SC(F)(F)F)c(C#CCNC(=O)c5cnn(CC(C)(C)O)c5)nn34)CC2C1. The van der Waals surface area contributed by atoms with Crippen molar-refractivity contribution >= 4 is 58.0 Å². The van der Waals surface area contributed by atoms with Crippen LogP contribution in [0.3, 0.4) is 0 Å². The summed E-state index contributed by atoms with van der Waals surface area (Å²) in [5, 5.41) is 39.5. The van der Waals surface area contributed by atoms with Crippen molar-refractivity contribution in [3.05, 3.63) is 83.7 Å². The number of alkyl halides is 6. The summed E-state index contributed by atoms with van der Waals surface area (Å²) >= 11 is -0.461. The van der Waals surface area contributed by atoms with Gasteiger partial charge in [0.05, 0.1) is 75.6 Å². The van der Waals surface area contributed by atoms with E-state index < -0.39 is 22.5 Å². The van der Waals surface area contributed by atoms with Crippen LogP contribution in [0, 0.1) is 35.5 Å². The Labute approximate surface area is 442 Å². The van der Waals surface area contributed by atoms with Crippen LogP contribution in [0.15, 0.2) is 71.0 Å². The maximum Gasteiger partial charge on any atom is 0.446 e. The molecule has 2 amide bonds. The van der Waals surface area contributed by atoms with Crippen molar-refractivity contribution in [3.8, 4) is 23.7 Å². The van der Waals surface area contributed by atoms with Crippen LogP contribution in [-0.4, -0.2) is 147 Å². The minimum absolute atomic E-state index is 0.00737. The molecule has 0 spiro atoms. The number of pyridine rings is 2. The number of aliphatic hydroxyl groups is 1. The predicted molar refractivity (Wildman–Crippen MR) is 275 cm³/mol. The number of aromatic nitrogens is 8. The molecule has 6 aromatic rings. The van der Waals surface area contributed by atoms with Gasteiger partial charge in [-0.05, 0) is 138 Å². The molecule has 76 heavy (non-hydrogen) atoms. The summed E-state index contributed by atoms with van der Waals surface area (Å²) < 4.78 is 87.0. The fourth-order valence-corrected chi connectivity index (χ4v) is 11.4. The van der Waals surface area contributed by atoms with Crippen LogP contribution in [0.2, 0.25) is 0 Å². The van der Waals surface area contributed by atoms with Gasteiger partial charge in [0.1, 0.15) is 23.0 Å². The molecule has 4 atom stereocenters. The first kappa shape index (κ1) is 53.0. The zero-order valence-electron chi connectivity index (χ0n) is 42.0. The molecule has 0 radical (unpaired) electrons. The molecule has 0 aromatic carbocycles. The van der Waals surface area contributed by atoms with Gasteiger partial charge < -0.3 is 36.2 Å². The van der Waals surface area contributed by atoms with Crippen molar-refractivity contribution in [2.45, 2.75) is 102 Å². The lowest BCUT2D eigenvalue weighted by atomic mass is 10.1. The molecular weight excluding hydrogens is 1030 g/mol. The Morgan fingerprint density at radius 2 is 1.20 bits per heavy atom. The zero-order valence-corrected chi connectivity index (χ0v) is 43.7. The lowest BCUT2D eigenvalue weighted by Crippen LogP contribution is -2.39. The molecule has 6 aromatic heterocycles. The number of anilines is 2. The van der Waals surface area contributed by atoms with E-state index in [4.69, 9.17) is 0 Å². The molecule has 3 saturated carbocycles. The van der Waals surface area contributed by atoms with Gasteiger partial charge in [-0.1, -0.05) is 24.0 Å². The van der Waals surface area contributed by atoms with E-state index in [1.54, 1.807) is 49.0 Å². The van der Waals surface area contributed by atoms with E-state index in [2.05, 4.69) is 89.2 Å². The highest BCUT2D eigenvalue weighted by Gasteiger charge is 2.57. The molecule has 11 rings (SSSR count). The van der Waals surface area contributed by atoms with Crippen molar-refractivity contribution in [2.24, 2.45) is 11.8 Å². The number of rotatable bonds is 13. The molecule has 25 heteroatoms. The third kappa shape index (κ3) is 12.4. The minimum Gasteiger partial charge on any atom is -0.389 e. The van der Waals surface area contributed by atoms with Crippen molar-refractivity contribution in [3.63, 3.8) is 0 Å². The number of thioether (sulfide) groups is 2. The number of hydrogen-bond donors (Lipinski definition) is 5. The maximum atomic E-state index is 13.5. The lowest BCUT2D eigenvalue weighted by molar-refractivity contribution is -0.0336. The molecule has 17 nitrogen and oxygen atoms in total. The molecule has 2 saturated heterocycles. The Morgan fingerprint density at radius 1 is 0.724 bits per heavy atom. The van der Waals surface area contributed by atoms with Gasteiger partial charge >= 0.3 is 11.0 Å². The molecule has 2 aliphatic heterocycles. The third-order valence-corrected chi connectivity index (χ3v) is 15.8. The molecule has 402 valence electrons. The van der Waals surface area contributed by atoms with E-state index >= 15 is 0 Å². The minimum atomic E-state index is -4.52. The monoisotopic (exact) mass is 1090 g/mol. The number of carbonyl (C=O) groups is 2. The van der Waals surface area contributed by atoms with Gasteiger partial charge in [0.15, 0.2) is 0 Å². The lowest BCUT2D eigenvalue weighted by Gasteiger charge is -2.30. The van der Waals surface area contributed by atoms with Crippen molar-refractivity contribution in [1.29, 1.82) is 0 Å². The van der Waals surface area contributed by atoms with Gasteiger partial charge in [-0.25, -0.2) is 9.03 Å². The Bertz CT molecular complexity index is 3300. The number of piperidine rings is 2. The summed E-state index contributed by atoms with van der Waals surface area (Å²) in [5.74, 6) is 12.5. The van der Waals surface area contributed by atoms with Crippen molar-refractivity contribution in [1.82, 2.24) is 59.2 Å². The van der Waals surface area contributed by atoms with Crippen LogP contribution in [0.5, 0.6) is 0 Å². The standard InChI is InChI=1S/C26H30F3N7O2S.C25H26F3N7OS/c1-24(2,38)16-35-14-17(13-31-35)23(37)30-10-5-6-19-22(39-26(27,28)29)20-7-4-8-21(36(20)33-19)32-25-9-11-34(3)15-18(25)12-25;1-33-11-9-24(12-17(24)15-33)31-21-6-2-5-20-22(37-25(26,27)28)19(32-35(20)21)4-3-10-29-23(36)16-13-30-34(14-16)18-7-8-18/h4,7-8,13-14,18,32,38H,9-12,15-16H2,1-3H3,(H,30,37);2,5-6,13-14,17-18,31H,7-12,15H2,1H3,(H,29,36). The summed E-state index contributed by atoms with van der Waals surface area (Å²) in [6.07, 6.45) is 12.2. The summed E-state index contributed by atoms with van der Waals surface area (Å²) in [4.78, 5) is 29.3. The topological polar surface area (TPSA) is 179 Å². The zero-order chi connectivity index (χ0) is 53.8. The highest BCUT2D eigenvalue weighted by atomic mass is 32.2. The number of nitrogens with one attached hydrogen (secondary N) is 4. The Balaban J connectivity index is 0.000000173.